The maximum absolute atomic E-state index is 3.04. The molecule has 0 fully saturated rings. The summed E-state index contributed by atoms with van der Waals surface area (Å²) in [6.07, 6.45) is 4.13. The summed E-state index contributed by atoms with van der Waals surface area (Å²) >= 11 is 0. The van der Waals surface area contributed by atoms with E-state index in [4.69, 9.17) is 0 Å². The molecule has 0 saturated heterocycles. The fraction of sp³-hybridized carbons (Fsp3) is 0.429. The maximum atomic E-state index is 3.04. The molecule has 1 aromatic carbocycles. The third-order valence-electron chi connectivity index (χ3n) is 2.55. The van der Waals surface area contributed by atoms with Crippen LogP contribution in [0.2, 0.25) is 0 Å². The molecule has 0 radical (unpaired) electrons. The SMILES string of the molecule is CN/C=C\c1c(C)cccc1C(C)(C)C. The van der Waals surface area contributed by atoms with Gasteiger partial charge in [0.25, 0.3) is 0 Å². The summed E-state index contributed by atoms with van der Waals surface area (Å²) in [6.45, 7) is 8.90. The van der Waals surface area contributed by atoms with Crippen molar-refractivity contribution in [3.8, 4) is 0 Å². The van der Waals surface area contributed by atoms with Gasteiger partial charge in [0, 0.05) is 7.05 Å². The van der Waals surface area contributed by atoms with E-state index in [2.05, 4.69) is 57.3 Å². The molecule has 0 atom stereocenters. The van der Waals surface area contributed by atoms with Crippen molar-refractivity contribution in [2.24, 2.45) is 0 Å². The predicted octanol–water partition coefficient (Wildman–Crippen LogP) is 3.48. The molecule has 1 heteroatoms. The Bertz CT molecular complexity index is 356. The molecule has 1 nitrogen and oxygen atoms in total. The first-order valence-electron chi connectivity index (χ1n) is 5.40. The van der Waals surface area contributed by atoms with E-state index in [0.717, 1.165) is 0 Å². The zero-order chi connectivity index (χ0) is 11.5. The third kappa shape index (κ3) is 2.85. The molecule has 15 heavy (non-hydrogen) atoms. The topological polar surface area (TPSA) is 12.0 Å². The van der Waals surface area contributed by atoms with Crippen molar-refractivity contribution in [3.63, 3.8) is 0 Å². The molecule has 0 amide bonds. The minimum Gasteiger partial charge on any atom is -0.394 e. The van der Waals surface area contributed by atoms with E-state index in [-0.39, 0.29) is 5.41 Å². The average molecular weight is 203 g/mol. The van der Waals surface area contributed by atoms with Gasteiger partial charge < -0.3 is 5.32 Å². The highest BCUT2D eigenvalue weighted by Gasteiger charge is 2.17. The molecule has 1 aromatic rings. The van der Waals surface area contributed by atoms with Crippen LogP contribution in [-0.4, -0.2) is 7.05 Å². The largest absolute Gasteiger partial charge is 0.394 e. The normalized spacial score (nSPS) is 12.1. The van der Waals surface area contributed by atoms with Gasteiger partial charge in [0.1, 0.15) is 0 Å². The van der Waals surface area contributed by atoms with E-state index in [9.17, 15) is 0 Å². The monoisotopic (exact) mass is 203 g/mol. The fourth-order valence-corrected chi connectivity index (χ4v) is 1.72. The van der Waals surface area contributed by atoms with Crippen molar-refractivity contribution in [2.75, 3.05) is 7.05 Å². The van der Waals surface area contributed by atoms with Crippen LogP contribution in [0.15, 0.2) is 24.4 Å². The molecule has 0 aliphatic rings. The van der Waals surface area contributed by atoms with Crippen LogP contribution in [-0.2, 0) is 5.41 Å². The van der Waals surface area contributed by atoms with Gasteiger partial charge in [-0.3, -0.25) is 0 Å². The molecule has 1 rings (SSSR count). The predicted molar refractivity (Wildman–Crippen MR) is 68.0 cm³/mol. The minimum atomic E-state index is 0.194. The molecule has 0 spiro atoms. The number of aryl methyl sites for hydroxylation is 1. The molecule has 0 saturated carbocycles. The summed E-state index contributed by atoms with van der Waals surface area (Å²) in [5.74, 6) is 0. The summed E-state index contributed by atoms with van der Waals surface area (Å²) in [5.41, 5.74) is 4.25. The second kappa shape index (κ2) is 4.52. The summed E-state index contributed by atoms with van der Waals surface area (Å²) in [6, 6.07) is 6.50. The van der Waals surface area contributed by atoms with E-state index in [1.165, 1.54) is 16.7 Å². The quantitative estimate of drug-likeness (QED) is 0.776. The highest BCUT2D eigenvalue weighted by atomic mass is 14.8. The Morgan fingerprint density at radius 1 is 1.20 bits per heavy atom. The third-order valence-corrected chi connectivity index (χ3v) is 2.55. The summed E-state index contributed by atoms with van der Waals surface area (Å²) < 4.78 is 0. The van der Waals surface area contributed by atoms with Crippen molar-refractivity contribution >= 4 is 6.08 Å². The lowest BCUT2D eigenvalue weighted by Crippen LogP contribution is -2.13. The van der Waals surface area contributed by atoms with Gasteiger partial charge >= 0.3 is 0 Å². The molecule has 0 aliphatic heterocycles. The van der Waals surface area contributed by atoms with E-state index < -0.39 is 0 Å². The zero-order valence-corrected chi connectivity index (χ0v) is 10.4. The van der Waals surface area contributed by atoms with E-state index in [1.54, 1.807) is 0 Å². The van der Waals surface area contributed by atoms with Gasteiger partial charge in [-0.05, 0) is 41.3 Å². The Morgan fingerprint density at radius 2 is 1.87 bits per heavy atom. The standard InChI is InChI=1S/C14H21N/c1-11-7-6-8-13(14(2,3)4)12(11)9-10-15-5/h6-10,15H,1-5H3/b10-9-. The van der Waals surface area contributed by atoms with Gasteiger partial charge in [-0.2, -0.15) is 0 Å². The molecule has 1 N–H and O–H groups in total. The maximum Gasteiger partial charge on any atom is 0.00277 e. The first-order valence-corrected chi connectivity index (χ1v) is 5.40. The summed E-state index contributed by atoms with van der Waals surface area (Å²) in [4.78, 5) is 0. The van der Waals surface area contributed by atoms with Crippen LogP contribution in [0, 0.1) is 6.92 Å². The van der Waals surface area contributed by atoms with Gasteiger partial charge in [-0.15, -0.1) is 0 Å². The molecule has 0 unspecified atom stereocenters. The van der Waals surface area contributed by atoms with Crippen molar-refractivity contribution in [3.05, 3.63) is 41.1 Å². The molecule has 0 aromatic heterocycles. The van der Waals surface area contributed by atoms with Crippen molar-refractivity contribution in [1.82, 2.24) is 5.32 Å². The van der Waals surface area contributed by atoms with Crippen molar-refractivity contribution in [2.45, 2.75) is 33.1 Å². The summed E-state index contributed by atoms with van der Waals surface area (Å²) in [5, 5.41) is 3.04. The van der Waals surface area contributed by atoms with Crippen LogP contribution in [0.5, 0.6) is 0 Å². The number of rotatable bonds is 2. The zero-order valence-electron chi connectivity index (χ0n) is 10.4. The van der Waals surface area contributed by atoms with Gasteiger partial charge in [0.15, 0.2) is 0 Å². The van der Waals surface area contributed by atoms with Gasteiger partial charge in [0.05, 0.1) is 0 Å². The number of hydrogen-bond donors (Lipinski definition) is 1. The van der Waals surface area contributed by atoms with Crippen molar-refractivity contribution in [1.29, 1.82) is 0 Å². The molecular weight excluding hydrogens is 182 g/mol. The van der Waals surface area contributed by atoms with Gasteiger partial charge in [0.2, 0.25) is 0 Å². The highest BCUT2D eigenvalue weighted by molar-refractivity contribution is 5.59. The Morgan fingerprint density at radius 3 is 2.40 bits per heavy atom. The van der Waals surface area contributed by atoms with Crippen LogP contribution in [0.3, 0.4) is 0 Å². The van der Waals surface area contributed by atoms with Crippen LogP contribution in [0.4, 0.5) is 0 Å². The lowest BCUT2D eigenvalue weighted by atomic mass is 9.82. The Labute approximate surface area is 93.2 Å². The van der Waals surface area contributed by atoms with Gasteiger partial charge in [-0.25, -0.2) is 0 Å². The molecule has 0 heterocycles. The molecular formula is C14H21N. The second-order valence-electron chi connectivity index (χ2n) is 4.91. The van der Waals surface area contributed by atoms with Crippen LogP contribution < -0.4 is 5.32 Å². The lowest BCUT2D eigenvalue weighted by Gasteiger charge is -2.22. The lowest BCUT2D eigenvalue weighted by molar-refractivity contribution is 0.588. The highest BCUT2D eigenvalue weighted by Crippen LogP contribution is 2.28. The van der Waals surface area contributed by atoms with E-state index >= 15 is 0 Å². The molecule has 82 valence electrons. The van der Waals surface area contributed by atoms with Crippen LogP contribution >= 0.6 is 0 Å². The van der Waals surface area contributed by atoms with E-state index in [1.807, 2.05) is 13.2 Å². The Balaban J connectivity index is 3.27. The van der Waals surface area contributed by atoms with Crippen molar-refractivity contribution < 1.29 is 0 Å². The second-order valence-corrected chi connectivity index (χ2v) is 4.91. The smallest absolute Gasteiger partial charge is 0.00277 e. The number of nitrogens with one attached hydrogen (secondary N) is 1. The van der Waals surface area contributed by atoms with Crippen LogP contribution in [0.25, 0.3) is 6.08 Å². The van der Waals surface area contributed by atoms with Crippen LogP contribution in [0.1, 0.15) is 37.5 Å². The van der Waals surface area contributed by atoms with Gasteiger partial charge in [-0.1, -0.05) is 39.0 Å². The molecule has 0 aliphatic carbocycles. The average Bonchev–Trinajstić information content (AvgIpc) is 2.14. The first kappa shape index (κ1) is 11.8. The number of benzene rings is 1. The summed E-state index contributed by atoms with van der Waals surface area (Å²) in [7, 11) is 1.92. The molecule has 0 bridgehead atoms. The fourth-order valence-electron chi connectivity index (χ4n) is 1.72. The van der Waals surface area contributed by atoms with E-state index in [0.29, 0.717) is 0 Å². The Kier molecular flexibility index (Phi) is 3.57. The first-order chi connectivity index (χ1) is 6.96. The number of hydrogen-bond acceptors (Lipinski definition) is 1. The minimum absolute atomic E-state index is 0.194. The Hall–Kier alpha value is -1.24.